The highest BCUT2D eigenvalue weighted by Gasteiger charge is 2.40. The number of carbonyl (C=O) groups excluding carboxylic acids is 2. The average molecular weight is 372 g/mol. The molecule has 1 aromatic rings. The highest BCUT2D eigenvalue weighted by Crippen LogP contribution is 2.31. The van der Waals surface area contributed by atoms with Gasteiger partial charge >= 0.3 is 0 Å². The summed E-state index contributed by atoms with van der Waals surface area (Å²) in [4.78, 5) is 29.1. The van der Waals surface area contributed by atoms with Gasteiger partial charge in [0.25, 0.3) is 0 Å². The van der Waals surface area contributed by atoms with Gasteiger partial charge in [0.05, 0.1) is 13.2 Å². The van der Waals surface area contributed by atoms with E-state index in [1.54, 1.807) is 0 Å². The van der Waals surface area contributed by atoms with Crippen molar-refractivity contribution < 1.29 is 19.1 Å². The van der Waals surface area contributed by atoms with Gasteiger partial charge in [-0.2, -0.15) is 0 Å². The molecular weight excluding hydrogens is 344 g/mol. The molecule has 3 heterocycles. The number of ether oxygens (including phenoxy) is 2. The number of amides is 2. The zero-order chi connectivity index (χ0) is 18.7. The van der Waals surface area contributed by atoms with E-state index in [0.717, 1.165) is 31.5 Å². The van der Waals surface area contributed by atoms with Gasteiger partial charge < -0.3 is 19.3 Å². The molecule has 3 aliphatic rings. The lowest BCUT2D eigenvalue weighted by molar-refractivity contribution is -0.187. The van der Waals surface area contributed by atoms with Crippen LogP contribution in [0, 0.1) is 0 Å². The monoisotopic (exact) mass is 372 g/mol. The van der Waals surface area contributed by atoms with E-state index in [1.165, 1.54) is 5.56 Å². The Labute approximate surface area is 160 Å². The topological polar surface area (TPSA) is 59.1 Å². The van der Waals surface area contributed by atoms with Crippen LogP contribution in [0.25, 0.3) is 0 Å². The van der Waals surface area contributed by atoms with E-state index < -0.39 is 5.79 Å². The molecule has 0 radical (unpaired) electrons. The predicted molar refractivity (Wildman–Crippen MR) is 101 cm³/mol. The minimum atomic E-state index is -0.470. The molecule has 0 N–H and O–H groups in total. The Kier molecular flexibility index (Phi) is 5.45. The Balaban J connectivity index is 1.31. The Morgan fingerprint density at radius 2 is 1.63 bits per heavy atom. The van der Waals surface area contributed by atoms with Crippen LogP contribution in [0.2, 0.25) is 0 Å². The van der Waals surface area contributed by atoms with E-state index in [2.05, 4.69) is 6.07 Å². The largest absolute Gasteiger partial charge is 0.347 e. The van der Waals surface area contributed by atoms with Gasteiger partial charge in [0.15, 0.2) is 5.79 Å². The maximum atomic E-state index is 12.8. The van der Waals surface area contributed by atoms with E-state index in [9.17, 15) is 9.59 Å². The molecule has 0 unspecified atom stereocenters. The third-order valence-electron chi connectivity index (χ3n) is 5.91. The van der Waals surface area contributed by atoms with Crippen LogP contribution in [0.15, 0.2) is 24.3 Å². The lowest BCUT2D eigenvalue weighted by atomic mass is 10.0. The lowest BCUT2D eigenvalue weighted by Gasteiger charge is -2.37. The van der Waals surface area contributed by atoms with Crippen LogP contribution in [0.4, 0.5) is 5.69 Å². The number of piperidine rings is 1. The van der Waals surface area contributed by atoms with Crippen molar-refractivity contribution in [3.8, 4) is 0 Å². The summed E-state index contributed by atoms with van der Waals surface area (Å²) in [6.45, 7) is 3.30. The van der Waals surface area contributed by atoms with Crippen LogP contribution in [0.5, 0.6) is 0 Å². The van der Waals surface area contributed by atoms with Crippen molar-refractivity contribution in [3.05, 3.63) is 29.8 Å². The number of carbonyl (C=O) groups is 2. The number of benzene rings is 1. The maximum Gasteiger partial charge on any atom is 0.227 e. The Morgan fingerprint density at radius 1 is 0.926 bits per heavy atom. The molecule has 2 amide bonds. The summed E-state index contributed by atoms with van der Waals surface area (Å²) in [6, 6.07) is 8.12. The number of hydrogen-bond acceptors (Lipinski definition) is 4. The van der Waals surface area contributed by atoms with Crippen LogP contribution < -0.4 is 4.90 Å². The summed E-state index contributed by atoms with van der Waals surface area (Å²) in [5.41, 5.74) is 2.25. The molecular formula is C21H28N2O4. The molecule has 6 nitrogen and oxygen atoms in total. The van der Waals surface area contributed by atoms with Crippen molar-refractivity contribution in [2.75, 3.05) is 37.7 Å². The van der Waals surface area contributed by atoms with Crippen molar-refractivity contribution in [1.29, 1.82) is 0 Å². The number of anilines is 1. The molecule has 1 spiro atoms. The van der Waals surface area contributed by atoms with Gasteiger partial charge in [-0.1, -0.05) is 18.2 Å². The van der Waals surface area contributed by atoms with E-state index in [1.807, 2.05) is 28.0 Å². The molecule has 2 saturated heterocycles. The minimum Gasteiger partial charge on any atom is -0.347 e. The lowest BCUT2D eigenvalue weighted by Crippen LogP contribution is -2.47. The number of hydrogen-bond donors (Lipinski definition) is 0. The van der Waals surface area contributed by atoms with Crippen LogP contribution >= 0.6 is 0 Å². The molecule has 0 atom stereocenters. The van der Waals surface area contributed by atoms with E-state index in [-0.39, 0.29) is 24.7 Å². The van der Waals surface area contributed by atoms with Crippen molar-refractivity contribution in [1.82, 2.24) is 4.90 Å². The molecule has 6 heteroatoms. The van der Waals surface area contributed by atoms with Crippen LogP contribution in [0.1, 0.15) is 44.1 Å². The molecule has 27 heavy (non-hydrogen) atoms. The van der Waals surface area contributed by atoms with Gasteiger partial charge in [-0.3, -0.25) is 9.59 Å². The molecule has 1 aromatic carbocycles. The second kappa shape index (κ2) is 7.98. The summed E-state index contributed by atoms with van der Waals surface area (Å²) in [7, 11) is 0. The standard InChI is InChI=1S/C21H28N2O4/c24-19(22-13-10-21(11-14-22)26-15-16-27-21)8-9-20(25)23-12-4-3-6-17-5-1-2-7-18(17)23/h1-2,5,7H,3-4,6,8-16H2. The highest BCUT2D eigenvalue weighted by atomic mass is 16.7. The van der Waals surface area contributed by atoms with Gasteiger partial charge in [-0.15, -0.1) is 0 Å². The van der Waals surface area contributed by atoms with Gasteiger partial charge in [0.1, 0.15) is 0 Å². The summed E-state index contributed by atoms with van der Waals surface area (Å²) >= 11 is 0. The number of nitrogens with zero attached hydrogens (tertiary/aromatic N) is 2. The van der Waals surface area contributed by atoms with Crippen LogP contribution in [-0.2, 0) is 25.5 Å². The quantitative estimate of drug-likeness (QED) is 0.818. The van der Waals surface area contributed by atoms with Crippen molar-refractivity contribution >= 4 is 17.5 Å². The number of para-hydroxylation sites is 1. The van der Waals surface area contributed by atoms with Gasteiger partial charge in [-0.25, -0.2) is 0 Å². The Bertz CT molecular complexity index is 689. The van der Waals surface area contributed by atoms with E-state index in [4.69, 9.17) is 9.47 Å². The fourth-order valence-electron chi connectivity index (χ4n) is 4.34. The van der Waals surface area contributed by atoms with Gasteiger partial charge in [0.2, 0.25) is 11.8 Å². The third kappa shape index (κ3) is 4.01. The van der Waals surface area contributed by atoms with Gasteiger partial charge in [0, 0.05) is 51.0 Å². The predicted octanol–water partition coefficient (Wildman–Crippen LogP) is 2.50. The fourth-order valence-corrected chi connectivity index (χ4v) is 4.34. The molecule has 4 rings (SSSR count). The highest BCUT2D eigenvalue weighted by molar-refractivity contribution is 5.96. The molecule has 3 aliphatic heterocycles. The second-order valence-corrected chi connectivity index (χ2v) is 7.62. The molecule has 146 valence electrons. The number of likely N-dealkylation sites (tertiary alicyclic amines) is 1. The first-order valence-corrected chi connectivity index (χ1v) is 10.1. The Hall–Kier alpha value is -1.92. The van der Waals surface area contributed by atoms with E-state index in [0.29, 0.717) is 39.1 Å². The van der Waals surface area contributed by atoms with Crippen molar-refractivity contribution in [3.63, 3.8) is 0 Å². The summed E-state index contributed by atoms with van der Waals surface area (Å²) in [6.07, 6.45) is 5.08. The molecule has 0 bridgehead atoms. The SMILES string of the molecule is O=C(CCC(=O)N1CCCCc2ccccc21)N1CCC2(CC1)OCCO2. The van der Waals surface area contributed by atoms with Gasteiger partial charge in [-0.05, 0) is 30.9 Å². The number of aryl methyl sites for hydroxylation is 1. The fraction of sp³-hybridized carbons (Fsp3) is 0.619. The average Bonchev–Trinajstić information content (AvgIpc) is 3.03. The normalized spacial score (nSPS) is 21.8. The molecule has 0 aromatic heterocycles. The third-order valence-corrected chi connectivity index (χ3v) is 5.91. The molecule has 0 saturated carbocycles. The summed E-state index contributed by atoms with van der Waals surface area (Å²) in [5.74, 6) is -0.365. The second-order valence-electron chi connectivity index (χ2n) is 7.62. The van der Waals surface area contributed by atoms with E-state index >= 15 is 0 Å². The minimum absolute atomic E-state index is 0.0497. The summed E-state index contributed by atoms with van der Waals surface area (Å²) < 4.78 is 11.4. The smallest absolute Gasteiger partial charge is 0.227 e. The number of rotatable bonds is 3. The summed E-state index contributed by atoms with van der Waals surface area (Å²) in [5, 5.41) is 0. The maximum absolute atomic E-state index is 12.8. The zero-order valence-electron chi connectivity index (χ0n) is 15.8. The Morgan fingerprint density at radius 3 is 2.41 bits per heavy atom. The molecule has 2 fully saturated rings. The first-order chi connectivity index (χ1) is 13.2. The molecule has 0 aliphatic carbocycles. The first kappa shape index (κ1) is 18.4. The number of fused-ring (bicyclic) bond motifs is 1. The zero-order valence-corrected chi connectivity index (χ0v) is 15.8. The van der Waals surface area contributed by atoms with Crippen LogP contribution in [-0.4, -0.2) is 55.3 Å². The van der Waals surface area contributed by atoms with Crippen LogP contribution in [0.3, 0.4) is 0 Å². The first-order valence-electron chi connectivity index (χ1n) is 10.1. The van der Waals surface area contributed by atoms with Crippen molar-refractivity contribution in [2.24, 2.45) is 0 Å². The van der Waals surface area contributed by atoms with Crippen molar-refractivity contribution in [2.45, 2.75) is 50.7 Å².